The van der Waals surface area contributed by atoms with Crippen molar-refractivity contribution in [1.29, 1.82) is 0 Å². The Balaban J connectivity index is 1.58. The average Bonchev–Trinajstić information content (AvgIpc) is 3.38. The molecule has 1 N–H and O–H groups in total. The first-order chi connectivity index (χ1) is 12.8. The van der Waals surface area contributed by atoms with Crippen LogP contribution in [0.3, 0.4) is 0 Å². The molecule has 1 aliphatic rings. The van der Waals surface area contributed by atoms with Gasteiger partial charge in [0.1, 0.15) is 4.88 Å². The van der Waals surface area contributed by atoms with Gasteiger partial charge >= 0.3 is 0 Å². The molecule has 0 aliphatic carbocycles. The molecule has 1 fully saturated rings. The molecule has 134 valence electrons. The number of hydrogen-bond acceptors (Lipinski definition) is 6. The number of likely N-dealkylation sites (tertiary alicyclic amines) is 1. The Kier molecular flexibility index (Phi) is 4.75. The quantitative estimate of drug-likeness (QED) is 0.765. The molecule has 0 aromatic carbocycles. The molecular formula is C18H20N6OS. The maximum atomic E-state index is 13.2. The molecule has 0 spiro atoms. The lowest BCUT2D eigenvalue weighted by molar-refractivity contribution is 0.0709. The number of nitrogens with zero attached hydrogens (tertiary/aromatic N) is 5. The van der Waals surface area contributed by atoms with E-state index in [9.17, 15) is 4.79 Å². The number of rotatable bonds is 4. The van der Waals surface area contributed by atoms with Crippen molar-refractivity contribution in [3.05, 3.63) is 47.0 Å². The van der Waals surface area contributed by atoms with Gasteiger partial charge in [-0.2, -0.15) is 5.10 Å². The van der Waals surface area contributed by atoms with Gasteiger partial charge in [-0.05, 0) is 31.4 Å². The lowest BCUT2D eigenvalue weighted by Gasteiger charge is -2.32. The van der Waals surface area contributed by atoms with E-state index in [-0.39, 0.29) is 5.91 Å². The lowest BCUT2D eigenvalue weighted by Crippen LogP contribution is -2.39. The predicted molar refractivity (Wildman–Crippen MR) is 99.0 cm³/mol. The van der Waals surface area contributed by atoms with Gasteiger partial charge in [0, 0.05) is 43.3 Å². The third kappa shape index (κ3) is 3.24. The minimum atomic E-state index is 0.0609. The van der Waals surface area contributed by atoms with Crippen molar-refractivity contribution in [1.82, 2.24) is 30.0 Å². The highest BCUT2D eigenvalue weighted by Gasteiger charge is 2.29. The second-order valence-electron chi connectivity index (χ2n) is 6.32. The van der Waals surface area contributed by atoms with Gasteiger partial charge in [-0.3, -0.25) is 9.89 Å². The number of aryl methyl sites for hydroxylation is 1. The molecule has 0 bridgehead atoms. The van der Waals surface area contributed by atoms with Crippen LogP contribution in [0.25, 0.3) is 10.8 Å². The molecule has 3 aromatic rings. The van der Waals surface area contributed by atoms with Gasteiger partial charge in [-0.25, -0.2) is 15.0 Å². The number of H-pyrrole nitrogens is 1. The Morgan fingerprint density at radius 2 is 2.19 bits per heavy atom. The standard InChI is InChI=1S/C18H20N6OS/c1-2-13-15(26-17(22-13)16-19-7-4-8-20-16)18(25)24-10-3-5-12(11-24)14-6-9-21-23-14/h4,6-9,12H,2-3,5,10-11H2,1H3,(H,21,23). The minimum absolute atomic E-state index is 0.0609. The van der Waals surface area contributed by atoms with Crippen molar-refractivity contribution < 1.29 is 4.79 Å². The molecule has 0 saturated carbocycles. The SMILES string of the molecule is CCc1nc(-c2ncccn2)sc1C(=O)N1CCCC(c2ccn[nH]2)C1. The second-order valence-corrected chi connectivity index (χ2v) is 7.32. The van der Waals surface area contributed by atoms with Crippen LogP contribution in [0.4, 0.5) is 0 Å². The molecule has 26 heavy (non-hydrogen) atoms. The highest BCUT2D eigenvalue weighted by Crippen LogP contribution is 2.30. The average molecular weight is 368 g/mol. The van der Waals surface area contributed by atoms with Crippen LogP contribution in [0.2, 0.25) is 0 Å². The number of carbonyl (C=O) groups is 1. The third-order valence-corrected chi connectivity index (χ3v) is 5.74. The topological polar surface area (TPSA) is 87.7 Å². The van der Waals surface area contributed by atoms with E-state index < -0.39 is 0 Å². The Morgan fingerprint density at radius 1 is 1.35 bits per heavy atom. The zero-order chi connectivity index (χ0) is 17.9. The van der Waals surface area contributed by atoms with Crippen molar-refractivity contribution in [3.63, 3.8) is 0 Å². The highest BCUT2D eigenvalue weighted by atomic mass is 32.1. The Labute approximate surface area is 155 Å². The normalized spacial score (nSPS) is 17.4. The zero-order valence-electron chi connectivity index (χ0n) is 14.6. The molecule has 0 radical (unpaired) electrons. The number of carbonyl (C=O) groups excluding carboxylic acids is 1. The predicted octanol–water partition coefficient (Wildman–Crippen LogP) is 2.91. The van der Waals surface area contributed by atoms with Gasteiger partial charge in [-0.1, -0.05) is 6.92 Å². The van der Waals surface area contributed by atoms with Crippen LogP contribution in [0.1, 0.15) is 46.7 Å². The van der Waals surface area contributed by atoms with Crippen LogP contribution in [0.15, 0.2) is 30.7 Å². The summed E-state index contributed by atoms with van der Waals surface area (Å²) in [6.45, 7) is 3.51. The van der Waals surface area contributed by atoms with Crippen molar-refractivity contribution in [2.24, 2.45) is 0 Å². The number of aromatic nitrogens is 5. The highest BCUT2D eigenvalue weighted by molar-refractivity contribution is 7.17. The molecular weight excluding hydrogens is 348 g/mol. The molecule has 1 unspecified atom stereocenters. The van der Waals surface area contributed by atoms with Crippen molar-refractivity contribution >= 4 is 17.2 Å². The molecule has 4 rings (SSSR count). The third-order valence-electron chi connectivity index (χ3n) is 4.65. The molecule has 1 atom stereocenters. The van der Waals surface area contributed by atoms with Crippen molar-refractivity contribution in [2.45, 2.75) is 32.1 Å². The molecule has 7 nitrogen and oxygen atoms in total. The maximum Gasteiger partial charge on any atom is 0.265 e. The van der Waals surface area contributed by atoms with Gasteiger partial charge in [-0.15, -0.1) is 11.3 Å². The van der Waals surface area contributed by atoms with Crippen molar-refractivity contribution in [2.75, 3.05) is 13.1 Å². The van der Waals surface area contributed by atoms with E-state index in [1.54, 1.807) is 24.7 Å². The van der Waals surface area contributed by atoms with Gasteiger partial charge in [0.25, 0.3) is 5.91 Å². The summed E-state index contributed by atoms with van der Waals surface area (Å²) in [7, 11) is 0. The number of thiazole rings is 1. The number of hydrogen-bond donors (Lipinski definition) is 1. The van der Waals surface area contributed by atoms with E-state index in [1.165, 1.54) is 11.3 Å². The fourth-order valence-electron chi connectivity index (χ4n) is 3.32. The number of aromatic amines is 1. The Morgan fingerprint density at radius 3 is 2.92 bits per heavy atom. The van der Waals surface area contributed by atoms with E-state index in [2.05, 4.69) is 25.1 Å². The summed E-state index contributed by atoms with van der Waals surface area (Å²) in [6, 6.07) is 3.76. The van der Waals surface area contributed by atoms with Crippen LogP contribution >= 0.6 is 11.3 Å². The molecule has 8 heteroatoms. The van der Waals surface area contributed by atoms with E-state index >= 15 is 0 Å². The smallest absolute Gasteiger partial charge is 0.265 e. The zero-order valence-corrected chi connectivity index (χ0v) is 15.4. The van der Waals surface area contributed by atoms with Crippen LogP contribution in [-0.2, 0) is 6.42 Å². The van der Waals surface area contributed by atoms with Crippen LogP contribution < -0.4 is 0 Å². The first-order valence-electron chi connectivity index (χ1n) is 8.82. The summed E-state index contributed by atoms with van der Waals surface area (Å²) < 4.78 is 0. The fourth-order valence-corrected chi connectivity index (χ4v) is 4.39. The summed E-state index contributed by atoms with van der Waals surface area (Å²) in [5, 5.41) is 7.78. The summed E-state index contributed by atoms with van der Waals surface area (Å²) in [5.74, 6) is 0.941. The summed E-state index contributed by atoms with van der Waals surface area (Å²) in [5.41, 5.74) is 1.92. The van der Waals surface area contributed by atoms with E-state index in [0.717, 1.165) is 30.8 Å². The van der Waals surface area contributed by atoms with Gasteiger partial charge in [0.15, 0.2) is 10.8 Å². The van der Waals surface area contributed by atoms with E-state index in [4.69, 9.17) is 0 Å². The maximum absolute atomic E-state index is 13.2. The summed E-state index contributed by atoms with van der Waals surface area (Å²) in [4.78, 5) is 28.9. The fraction of sp³-hybridized carbons (Fsp3) is 0.389. The molecule has 1 aliphatic heterocycles. The summed E-state index contributed by atoms with van der Waals surface area (Å²) >= 11 is 1.39. The van der Waals surface area contributed by atoms with Gasteiger partial charge in [0.05, 0.1) is 5.69 Å². The Hall–Kier alpha value is -2.61. The number of amides is 1. The molecule has 1 saturated heterocycles. The molecule has 3 aromatic heterocycles. The minimum Gasteiger partial charge on any atom is -0.337 e. The molecule has 4 heterocycles. The number of nitrogens with one attached hydrogen (secondary N) is 1. The van der Waals surface area contributed by atoms with E-state index in [1.807, 2.05) is 17.9 Å². The largest absolute Gasteiger partial charge is 0.337 e. The Bertz CT molecular complexity index is 876. The van der Waals surface area contributed by atoms with Crippen molar-refractivity contribution in [3.8, 4) is 10.8 Å². The first kappa shape index (κ1) is 16.8. The van der Waals surface area contributed by atoms with E-state index in [0.29, 0.717) is 34.6 Å². The lowest BCUT2D eigenvalue weighted by atomic mass is 9.95. The van der Waals surface area contributed by atoms with Crippen LogP contribution in [0, 0.1) is 0 Å². The van der Waals surface area contributed by atoms with Crippen LogP contribution in [-0.4, -0.2) is 49.0 Å². The first-order valence-corrected chi connectivity index (χ1v) is 9.63. The summed E-state index contributed by atoms with van der Waals surface area (Å²) in [6.07, 6.45) is 7.92. The van der Waals surface area contributed by atoms with Gasteiger partial charge < -0.3 is 4.90 Å². The molecule has 1 amide bonds. The number of piperidine rings is 1. The second kappa shape index (κ2) is 7.33. The van der Waals surface area contributed by atoms with Gasteiger partial charge in [0.2, 0.25) is 0 Å². The monoisotopic (exact) mass is 368 g/mol. The van der Waals surface area contributed by atoms with Crippen LogP contribution in [0.5, 0.6) is 0 Å².